The maximum absolute atomic E-state index is 12.4. The molecule has 2 amide bonds. The van der Waals surface area contributed by atoms with E-state index in [9.17, 15) is 9.59 Å². The van der Waals surface area contributed by atoms with Crippen molar-refractivity contribution >= 4 is 42.4 Å². The van der Waals surface area contributed by atoms with Crippen LogP contribution in [0.5, 0.6) is 0 Å². The molecule has 0 aliphatic heterocycles. The number of amides is 2. The number of H-pyrrole nitrogens is 1. The molecule has 1 unspecified atom stereocenters. The second kappa shape index (κ2) is 11.4. The fraction of sp³-hybridized carbons (Fsp3) is 0.267. The van der Waals surface area contributed by atoms with E-state index in [-0.39, 0.29) is 43.0 Å². The van der Waals surface area contributed by atoms with Crippen LogP contribution in [0.2, 0.25) is 0 Å². The van der Waals surface area contributed by atoms with Crippen molar-refractivity contribution in [3.05, 3.63) is 48.2 Å². The van der Waals surface area contributed by atoms with Gasteiger partial charge < -0.3 is 16.4 Å². The van der Waals surface area contributed by atoms with E-state index in [4.69, 9.17) is 5.73 Å². The first-order valence-corrected chi connectivity index (χ1v) is 7.05. The number of anilines is 1. The summed E-state index contributed by atoms with van der Waals surface area (Å²) in [5.41, 5.74) is 6.11. The predicted molar refractivity (Wildman–Crippen MR) is 97.3 cm³/mol. The second-order valence-electron chi connectivity index (χ2n) is 4.76. The van der Waals surface area contributed by atoms with Gasteiger partial charge in [-0.1, -0.05) is 30.3 Å². The van der Waals surface area contributed by atoms with Crippen LogP contribution < -0.4 is 16.4 Å². The summed E-state index contributed by atoms with van der Waals surface area (Å²) in [7, 11) is 0. The molecule has 1 aromatic heterocycles. The van der Waals surface area contributed by atoms with E-state index in [1.165, 1.54) is 6.20 Å². The van der Waals surface area contributed by atoms with Gasteiger partial charge in [0.1, 0.15) is 11.9 Å². The zero-order chi connectivity index (χ0) is 15.8. The molecule has 0 spiro atoms. The van der Waals surface area contributed by atoms with E-state index >= 15 is 0 Å². The fourth-order valence-corrected chi connectivity index (χ4v) is 1.97. The number of halogens is 2. The molecule has 5 N–H and O–H groups in total. The summed E-state index contributed by atoms with van der Waals surface area (Å²) < 4.78 is 0. The highest BCUT2D eigenvalue weighted by Gasteiger charge is 2.22. The summed E-state index contributed by atoms with van der Waals surface area (Å²) in [6, 6.07) is 9.94. The van der Waals surface area contributed by atoms with Gasteiger partial charge in [-0.15, -0.1) is 24.8 Å². The lowest BCUT2D eigenvalue weighted by molar-refractivity contribution is -0.126. The molecule has 0 fully saturated rings. The van der Waals surface area contributed by atoms with E-state index < -0.39 is 6.04 Å². The van der Waals surface area contributed by atoms with Crippen molar-refractivity contribution in [2.75, 3.05) is 11.9 Å². The molecule has 0 saturated heterocycles. The smallest absolute Gasteiger partial charge is 0.252 e. The Morgan fingerprint density at radius 2 is 1.88 bits per heavy atom. The van der Waals surface area contributed by atoms with E-state index in [1.807, 2.05) is 18.2 Å². The van der Waals surface area contributed by atoms with Crippen molar-refractivity contribution in [1.29, 1.82) is 0 Å². The number of carbonyl (C=O) groups excluding carboxylic acids is 2. The highest BCUT2D eigenvalue weighted by atomic mass is 35.5. The standard InChI is InChI=1S/C15H19N5O2.2ClH/c16-9-4-7-13(21)19-14(11-5-2-1-3-6-11)15(22)18-12-8-10-17-20-12;;/h1-3,5-6,8,10,14H,4,7,9,16H2,(H,19,21)(H2,17,18,20,22);2*1H. The zero-order valence-electron chi connectivity index (χ0n) is 12.9. The van der Waals surface area contributed by atoms with Crippen LogP contribution in [0, 0.1) is 0 Å². The predicted octanol–water partition coefficient (Wildman–Crippen LogP) is 1.79. The van der Waals surface area contributed by atoms with Gasteiger partial charge in [0.15, 0.2) is 0 Å². The molecule has 2 rings (SSSR count). The van der Waals surface area contributed by atoms with Gasteiger partial charge in [0, 0.05) is 12.5 Å². The average molecular weight is 374 g/mol. The van der Waals surface area contributed by atoms with Crippen molar-refractivity contribution in [3.63, 3.8) is 0 Å². The number of nitrogens with one attached hydrogen (secondary N) is 3. The van der Waals surface area contributed by atoms with E-state index in [1.54, 1.807) is 18.2 Å². The van der Waals surface area contributed by atoms with Gasteiger partial charge in [0.05, 0.1) is 6.20 Å². The van der Waals surface area contributed by atoms with Gasteiger partial charge in [0.2, 0.25) is 5.91 Å². The summed E-state index contributed by atoms with van der Waals surface area (Å²) >= 11 is 0. The number of rotatable bonds is 7. The number of carbonyl (C=O) groups is 2. The second-order valence-corrected chi connectivity index (χ2v) is 4.76. The normalized spacial score (nSPS) is 10.7. The van der Waals surface area contributed by atoms with Crippen molar-refractivity contribution in [3.8, 4) is 0 Å². The monoisotopic (exact) mass is 373 g/mol. The van der Waals surface area contributed by atoms with Crippen LogP contribution in [-0.4, -0.2) is 28.6 Å². The van der Waals surface area contributed by atoms with Gasteiger partial charge in [-0.05, 0) is 18.5 Å². The summed E-state index contributed by atoms with van der Waals surface area (Å²) in [5, 5.41) is 11.8. The Morgan fingerprint density at radius 3 is 2.46 bits per heavy atom. The molecule has 0 bridgehead atoms. The number of nitrogens with two attached hydrogens (primary N) is 1. The van der Waals surface area contributed by atoms with Crippen LogP contribution in [0.4, 0.5) is 5.82 Å². The summed E-state index contributed by atoms with van der Waals surface area (Å²) in [6.45, 7) is 0.434. The lowest BCUT2D eigenvalue weighted by Crippen LogP contribution is -2.37. The minimum Gasteiger partial charge on any atom is -0.341 e. The number of hydrogen-bond acceptors (Lipinski definition) is 4. The highest BCUT2D eigenvalue weighted by Crippen LogP contribution is 2.15. The SMILES string of the molecule is Cl.Cl.NCCCC(=O)NC(C(=O)Nc1ccn[nH]1)c1ccccc1. The Labute approximate surface area is 152 Å². The molecule has 0 aliphatic carbocycles. The van der Waals surface area contributed by atoms with Crippen LogP contribution in [0.25, 0.3) is 0 Å². The quantitative estimate of drug-likeness (QED) is 0.592. The van der Waals surface area contributed by atoms with Crippen LogP contribution in [0.1, 0.15) is 24.4 Å². The van der Waals surface area contributed by atoms with Gasteiger partial charge >= 0.3 is 0 Å². The van der Waals surface area contributed by atoms with Crippen molar-refractivity contribution in [1.82, 2.24) is 15.5 Å². The first-order valence-electron chi connectivity index (χ1n) is 7.05. The van der Waals surface area contributed by atoms with E-state index in [2.05, 4.69) is 20.8 Å². The molecule has 0 saturated carbocycles. The van der Waals surface area contributed by atoms with Crippen LogP contribution in [-0.2, 0) is 9.59 Å². The van der Waals surface area contributed by atoms with Gasteiger partial charge in [-0.2, -0.15) is 5.10 Å². The van der Waals surface area contributed by atoms with Crippen LogP contribution in [0.3, 0.4) is 0 Å². The van der Waals surface area contributed by atoms with Gasteiger partial charge in [0.25, 0.3) is 5.91 Å². The topological polar surface area (TPSA) is 113 Å². The van der Waals surface area contributed by atoms with Crippen molar-refractivity contribution in [2.45, 2.75) is 18.9 Å². The van der Waals surface area contributed by atoms with E-state index in [0.29, 0.717) is 24.3 Å². The number of aromatic nitrogens is 2. The summed E-state index contributed by atoms with van der Waals surface area (Å²) in [5.74, 6) is -0.0715. The van der Waals surface area contributed by atoms with Crippen molar-refractivity contribution < 1.29 is 9.59 Å². The molecule has 1 aromatic carbocycles. The molecule has 0 radical (unpaired) electrons. The number of benzene rings is 1. The fourth-order valence-electron chi connectivity index (χ4n) is 1.97. The highest BCUT2D eigenvalue weighted by molar-refractivity contribution is 5.97. The molecule has 2 aromatic rings. The molecular weight excluding hydrogens is 353 g/mol. The lowest BCUT2D eigenvalue weighted by atomic mass is 10.1. The molecule has 132 valence electrons. The van der Waals surface area contributed by atoms with Crippen LogP contribution in [0.15, 0.2) is 42.6 Å². The lowest BCUT2D eigenvalue weighted by Gasteiger charge is -2.18. The maximum atomic E-state index is 12.4. The number of aromatic amines is 1. The molecule has 7 nitrogen and oxygen atoms in total. The average Bonchev–Trinajstić information content (AvgIpc) is 3.04. The molecule has 24 heavy (non-hydrogen) atoms. The largest absolute Gasteiger partial charge is 0.341 e. The maximum Gasteiger partial charge on any atom is 0.252 e. The summed E-state index contributed by atoms with van der Waals surface area (Å²) in [6.07, 6.45) is 2.40. The third-order valence-corrected chi connectivity index (χ3v) is 3.07. The van der Waals surface area contributed by atoms with Gasteiger partial charge in [-0.25, -0.2) is 0 Å². The Bertz CT molecular complexity index is 608. The Hall–Kier alpha value is -2.09. The van der Waals surface area contributed by atoms with E-state index in [0.717, 1.165) is 0 Å². The number of nitrogens with zero attached hydrogens (tertiary/aromatic N) is 1. The third kappa shape index (κ3) is 6.57. The van der Waals surface area contributed by atoms with Crippen LogP contribution >= 0.6 is 24.8 Å². The number of hydrogen-bond donors (Lipinski definition) is 4. The Balaban J connectivity index is 0.00000264. The summed E-state index contributed by atoms with van der Waals surface area (Å²) in [4.78, 5) is 24.3. The first kappa shape index (κ1) is 21.9. The third-order valence-electron chi connectivity index (χ3n) is 3.07. The molecule has 0 aliphatic rings. The van der Waals surface area contributed by atoms with Crippen molar-refractivity contribution in [2.24, 2.45) is 5.73 Å². The molecule has 1 heterocycles. The minimum absolute atomic E-state index is 0. The molecule has 9 heteroatoms. The molecule has 1 atom stereocenters. The minimum atomic E-state index is -0.769. The van der Waals surface area contributed by atoms with Gasteiger partial charge in [-0.3, -0.25) is 14.7 Å². The Kier molecular flexibility index (Phi) is 10.4. The first-order chi connectivity index (χ1) is 10.7. The molecular formula is C15H21Cl2N5O2. The Morgan fingerprint density at radius 1 is 1.17 bits per heavy atom. The zero-order valence-corrected chi connectivity index (χ0v) is 14.5.